The van der Waals surface area contributed by atoms with E-state index in [4.69, 9.17) is 0 Å². The zero-order chi connectivity index (χ0) is 11.5. The van der Waals surface area contributed by atoms with Crippen LogP contribution in [0.2, 0.25) is 0 Å². The number of hydrogen-bond donors (Lipinski definition) is 0. The maximum absolute atomic E-state index is 11.2. The molecule has 0 bridgehead atoms. The Hall–Kier alpha value is -2.17. The van der Waals surface area contributed by atoms with Gasteiger partial charge in [0.1, 0.15) is 11.6 Å². The molecule has 5 nitrogen and oxygen atoms in total. The van der Waals surface area contributed by atoms with Crippen LogP contribution in [0.25, 0.3) is 5.82 Å². The Kier molecular flexibility index (Phi) is 2.68. The van der Waals surface area contributed by atoms with Crippen molar-refractivity contribution in [3.63, 3.8) is 0 Å². The maximum Gasteiger partial charge on any atom is 0.339 e. The molecule has 2 heterocycles. The first-order chi connectivity index (χ1) is 7.72. The van der Waals surface area contributed by atoms with E-state index in [0.717, 1.165) is 11.6 Å². The summed E-state index contributed by atoms with van der Waals surface area (Å²) in [5.74, 6) is 1.18. The maximum atomic E-state index is 11.2. The Balaban J connectivity index is 2.33. The van der Waals surface area contributed by atoms with Gasteiger partial charge in [0, 0.05) is 18.6 Å². The molecule has 0 saturated heterocycles. The van der Waals surface area contributed by atoms with Crippen LogP contribution in [0.15, 0.2) is 30.7 Å². The van der Waals surface area contributed by atoms with Gasteiger partial charge in [-0.25, -0.2) is 14.8 Å². The van der Waals surface area contributed by atoms with Crippen LogP contribution in [-0.2, 0) is 4.74 Å². The van der Waals surface area contributed by atoms with E-state index in [1.165, 1.54) is 13.3 Å². The van der Waals surface area contributed by atoms with Gasteiger partial charge in [-0.05, 0) is 19.1 Å². The van der Waals surface area contributed by atoms with E-state index in [9.17, 15) is 4.79 Å². The lowest BCUT2D eigenvalue weighted by atomic mass is 10.3. The molecule has 5 heteroatoms. The summed E-state index contributed by atoms with van der Waals surface area (Å²) >= 11 is 0. The molecule has 0 spiro atoms. The molecule has 2 rings (SSSR count). The van der Waals surface area contributed by atoms with Crippen LogP contribution in [0, 0.1) is 6.92 Å². The molecule has 16 heavy (non-hydrogen) atoms. The first kappa shape index (κ1) is 10.4. The summed E-state index contributed by atoms with van der Waals surface area (Å²) in [4.78, 5) is 19.5. The van der Waals surface area contributed by atoms with Gasteiger partial charge in [-0.1, -0.05) is 0 Å². The molecule has 2 aromatic rings. The van der Waals surface area contributed by atoms with E-state index in [1.807, 2.05) is 17.7 Å². The van der Waals surface area contributed by atoms with Gasteiger partial charge >= 0.3 is 5.97 Å². The summed E-state index contributed by atoms with van der Waals surface area (Å²) in [7, 11) is 1.34. The van der Waals surface area contributed by atoms with Gasteiger partial charge in [0.15, 0.2) is 0 Å². The first-order valence-electron chi connectivity index (χ1n) is 4.77. The number of pyridine rings is 1. The number of hydrogen-bond acceptors (Lipinski definition) is 4. The molecule has 2 aromatic heterocycles. The van der Waals surface area contributed by atoms with Crippen molar-refractivity contribution >= 4 is 5.97 Å². The van der Waals surface area contributed by atoms with Crippen molar-refractivity contribution in [1.29, 1.82) is 0 Å². The molecule has 0 fully saturated rings. The van der Waals surface area contributed by atoms with Gasteiger partial charge in [0.2, 0.25) is 0 Å². The fraction of sp³-hybridized carbons (Fsp3) is 0.182. The molecule has 0 N–H and O–H groups in total. The number of imidazole rings is 1. The standard InChI is InChI=1S/C11H11N3O2/c1-8-12-5-6-14(8)10-4-3-9(7-13-10)11(15)16-2/h3-7H,1-2H3. The Bertz CT molecular complexity index is 502. The van der Waals surface area contributed by atoms with E-state index in [0.29, 0.717) is 5.56 Å². The second-order valence-electron chi connectivity index (χ2n) is 3.24. The van der Waals surface area contributed by atoms with Gasteiger partial charge in [0.05, 0.1) is 12.7 Å². The summed E-state index contributed by atoms with van der Waals surface area (Å²) in [6, 6.07) is 3.43. The van der Waals surface area contributed by atoms with Crippen LogP contribution in [0.4, 0.5) is 0 Å². The number of esters is 1. The number of nitrogens with zero attached hydrogens (tertiary/aromatic N) is 3. The predicted octanol–water partition coefficient (Wildman–Crippen LogP) is 1.36. The molecule has 0 atom stereocenters. The molecule has 0 unspecified atom stereocenters. The minimum absolute atomic E-state index is 0.388. The molecule has 0 aliphatic rings. The quantitative estimate of drug-likeness (QED) is 0.713. The van der Waals surface area contributed by atoms with Gasteiger partial charge in [-0.15, -0.1) is 0 Å². The second-order valence-corrected chi connectivity index (χ2v) is 3.24. The van der Waals surface area contributed by atoms with Gasteiger partial charge in [-0.2, -0.15) is 0 Å². The van der Waals surface area contributed by atoms with Crippen molar-refractivity contribution in [1.82, 2.24) is 14.5 Å². The van der Waals surface area contributed by atoms with Crippen molar-refractivity contribution in [2.24, 2.45) is 0 Å². The number of aryl methyl sites for hydroxylation is 1. The Morgan fingerprint density at radius 2 is 2.19 bits per heavy atom. The molecule has 0 aliphatic carbocycles. The average molecular weight is 217 g/mol. The van der Waals surface area contributed by atoms with Crippen LogP contribution >= 0.6 is 0 Å². The highest BCUT2D eigenvalue weighted by Gasteiger charge is 2.06. The highest BCUT2D eigenvalue weighted by atomic mass is 16.5. The SMILES string of the molecule is COC(=O)c1ccc(-n2ccnc2C)nc1. The smallest absolute Gasteiger partial charge is 0.339 e. The largest absolute Gasteiger partial charge is 0.465 e. The first-order valence-corrected chi connectivity index (χ1v) is 4.77. The molecule has 0 aliphatic heterocycles. The third-order valence-corrected chi connectivity index (χ3v) is 2.24. The minimum atomic E-state index is -0.388. The minimum Gasteiger partial charge on any atom is -0.465 e. The summed E-state index contributed by atoms with van der Waals surface area (Å²) in [5.41, 5.74) is 0.434. The Labute approximate surface area is 92.7 Å². The normalized spacial score (nSPS) is 10.1. The molecule has 0 aromatic carbocycles. The number of rotatable bonds is 2. The molecule has 82 valence electrons. The lowest BCUT2D eigenvalue weighted by Gasteiger charge is -2.04. The monoisotopic (exact) mass is 217 g/mol. The number of methoxy groups -OCH3 is 1. The number of carbonyl (C=O) groups is 1. The lowest BCUT2D eigenvalue weighted by molar-refractivity contribution is 0.0600. The summed E-state index contributed by atoms with van der Waals surface area (Å²) in [5, 5.41) is 0. The third kappa shape index (κ3) is 1.79. The Morgan fingerprint density at radius 1 is 1.38 bits per heavy atom. The number of carbonyl (C=O) groups excluding carboxylic acids is 1. The van der Waals surface area contributed by atoms with E-state index < -0.39 is 0 Å². The lowest BCUT2D eigenvalue weighted by Crippen LogP contribution is -2.04. The number of aromatic nitrogens is 3. The zero-order valence-corrected chi connectivity index (χ0v) is 9.04. The van der Waals surface area contributed by atoms with Crippen molar-refractivity contribution < 1.29 is 9.53 Å². The molecule has 0 amide bonds. The zero-order valence-electron chi connectivity index (χ0n) is 9.04. The van der Waals surface area contributed by atoms with Crippen molar-refractivity contribution in [2.45, 2.75) is 6.92 Å². The van der Waals surface area contributed by atoms with E-state index >= 15 is 0 Å². The van der Waals surface area contributed by atoms with Gasteiger partial charge in [-0.3, -0.25) is 4.57 Å². The van der Waals surface area contributed by atoms with Crippen LogP contribution in [-0.4, -0.2) is 27.6 Å². The van der Waals surface area contributed by atoms with Crippen molar-refractivity contribution in [2.75, 3.05) is 7.11 Å². The summed E-state index contributed by atoms with van der Waals surface area (Å²) < 4.78 is 6.43. The molecular formula is C11H11N3O2. The predicted molar refractivity (Wildman–Crippen MR) is 57.4 cm³/mol. The average Bonchev–Trinajstić information content (AvgIpc) is 2.75. The second kappa shape index (κ2) is 4.14. The van der Waals surface area contributed by atoms with E-state index in [-0.39, 0.29) is 5.97 Å². The summed E-state index contributed by atoms with van der Waals surface area (Å²) in [6.07, 6.45) is 5.00. The van der Waals surface area contributed by atoms with Crippen LogP contribution in [0.1, 0.15) is 16.2 Å². The molecular weight excluding hydrogens is 206 g/mol. The third-order valence-electron chi connectivity index (χ3n) is 2.24. The highest BCUT2D eigenvalue weighted by molar-refractivity contribution is 5.88. The fourth-order valence-corrected chi connectivity index (χ4v) is 1.39. The van der Waals surface area contributed by atoms with Crippen LogP contribution in [0.5, 0.6) is 0 Å². The van der Waals surface area contributed by atoms with Crippen LogP contribution in [0.3, 0.4) is 0 Å². The van der Waals surface area contributed by atoms with Gasteiger partial charge in [0.25, 0.3) is 0 Å². The van der Waals surface area contributed by atoms with Crippen LogP contribution < -0.4 is 0 Å². The van der Waals surface area contributed by atoms with Crippen molar-refractivity contribution in [3.05, 3.63) is 42.1 Å². The van der Waals surface area contributed by atoms with E-state index in [2.05, 4.69) is 14.7 Å². The summed E-state index contributed by atoms with van der Waals surface area (Å²) in [6.45, 7) is 1.88. The molecule has 0 radical (unpaired) electrons. The fourth-order valence-electron chi connectivity index (χ4n) is 1.39. The van der Waals surface area contributed by atoms with Crippen molar-refractivity contribution in [3.8, 4) is 5.82 Å². The topological polar surface area (TPSA) is 57.0 Å². The number of ether oxygens (including phenoxy) is 1. The van der Waals surface area contributed by atoms with Gasteiger partial charge < -0.3 is 4.74 Å². The van der Waals surface area contributed by atoms with E-state index in [1.54, 1.807) is 18.3 Å². The Morgan fingerprint density at radius 3 is 2.69 bits per heavy atom. The highest BCUT2D eigenvalue weighted by Crippen LogP contribution is 2.08. The molecule has 0 saturated carbocycles.